The zero-order valence-corrected chi connectivity index (χ0v) is 12.4. The fraction of sp³-hybridized carbons (Fsp3) is 0.308. The van der Waals surface area contributed by atoms with Crippen molar-refractivity contribution in [3.8, 4) is 0 Å². The second-order valence-electron chi connectivity index (χ2n) is 3.94. The molecule has 0 aliphatic heterocycles. The van der Waals surface area contributed by atoms with Crippen molar-refractivity contribution in [1.29, 1.82) is 0 Å². The summed E-state index contributed by atoms with van der Waals surface area (Å²) >= 11 is 2.95. The summed E-state index contributed by atoms with van der Waals surface area (Å²) in [6, 6.07) is 9.93. The average Bonchev–Trinajstić information content (AvgIpc) is 2.82. The summed E-state index contributed by atoms with van der Waals surface area (Å²) in [7, 11) is 0. The molecule has 0 bridgehead atoms. The van der Waals surface area contributed by atoms with Gasteiger partial charge < -0.3 is 0 Å². The number of carbonyl (C=O) groups is 1. The second-order valence-corrected chi connectivity index (χ2v) is 6.40. The summed E-state index contributed by atoms with van der Waals surface area (Å²) < 4.78 is 0. The van der Waals surface area contributed by atoms with Crippen molar-refractivity contribution in [2.45, 2.75) is 30.4 Å². The molecular formula is C13H15N3OS2. The van der Waals surface area contributed by atoms with Crippen molar-refractivity contribution in [2.24, 2.45) is 0 Å². The molecule has 2 rings (SSSR count). The van der Waals surface area contributed by atoms with E-state index in [2.05, 4.69) is 15.5 Å². The highest BCUT2D eigenvalue weighted by molar-refractivity contribution is 8.00. The number of hydrogen-bond acceptors (Lipinski definition) is 5. The highest BCUT2D eigenvalue weighted by Crippen LogP contribution is 2.26. The van der Waals surface area contributed by atoms with Crippen LogP contribution in [0, 0.1) is 6.92 Å². The summed E-state index contributed by atoms with van der Waals surface area (Å²) in [6.07, 6.45) is 0.767. The van der Waals surface area contributed by atoms with E-state index < -0.39 is 0 Å². The first kappa shape index (κ1) is 14.0. The van der Waals surface area contributed by atoms with E-state index in [9.17, 15) is 4.79 Å². The second kappa shape index (κ2) is 6.68. The molecule has 1 atom stereocenters. The number of nitrogens with zero attached hydrogens (tertiary/aromatic N) is 2. The highest BCUT2D eigenvalue weighted by atomic mass is 32.2. The molecule has 2 aromatic rings. The minimum atomic E-state index is -0.119. The van der Waals surface area contributed by atoms with Gasteiger partial charge in [0.25, 0.3) is 0 Å². The molecule has 1 heterocycles. The zero-order valence-electron chi connectivity index (χ0n) is 10.8. The molecule has 0 unspecified atom stereocenters. The first-order valence-corrected chi connectivity index (χ1v) is 7.71. The first-order chi connectivity index (χ1) is 9.19. The maximum atomic E-state index is 12.2. The van der Waals surface area contributed by atoms with Gasteiger partial charge in [-0.1, -0.05) is 36.5 Å². The molecule has 6 heteroatoms. The molecule has 0 spiro atoms. The van der Waals surface area contributed by atoms with Crippen LogP contribution < -0.4 is 5.32 Å². The standard InChI is InChI=1S/C13H15N3OS2/c1-3-11(19-10-7-5-4-6-8-10)12(17)14-13-16-15-9(2)18-13/h4-8,11H,3H2,1-2H3,(H,14,16,17)/t11-/m1/s1. The summed E-state index contributed by atoms with van der Waals surface area (Å²) in [4.78, 5) is 13.3. The SMILES string of the molecule is CC[C@@H](Sc1ccccc1)C(=O)Nc1nnc(C)s1. The van der Waals surface area contributed by atoms with Crippen molar-refractivity contribution < 1.29 is 4.79 Å². The number of aryl methyl sites for hydroxylation is 1. The van der Waals surface area contributed by atoms with E-state index >= 15 is 0 Å². The number of anilines is 1. The molecule has 1 N–H and O–H groups in total. The number of hydrogen-bond donors (Lipinski definition) is 1. The minimum absolute atomic E-state index is 0.0208. The Balaban J connectivity index is 1.99. The van der Waals surface area contributed by atoms with Gasteiger partial charge in [-0.25, -0.2) is 0 Å². The van der Waals surface area contributed by atoms with Gasteiger partial charge >= 0.3 is 0 Å². The van der Waals surface area contributed by atoms with Crippen LogP contribution in [0.4, 0.5) is 5.13 Å². The predicted molar refractivity (Wildman–Crippen MR) is 79.7 cm³/mol. The Morgan fingerprint density at radius 2 is 2.11 bits per heavy atom. The van der Waals surface area contributed by atoms with Gasteiger partial charge in [-0.05, 0) is 25.5 Å². The Labute approximate surface area is 120 Å². The van der Waals surface area contributed by atoms with Crippen LogP contribution in [0.2, 0.25) is 0 Å². The fourth-order valence-electron chi connectivity index (χ4n) is 1.52. The largest absolute Gasteiger partial charge is 0.300 e. The Bertz CT molecular complexity index is 542. The van der Waals surface area contributed by atoms with Crippen molar-refractivity contribution in [1.82, 2.24) is 10.2 Å². The lowest BCUT2D eigenvalue weighted by molar-refractivity contribution is -0.115. The lowest BCUT2D eigenvalue weighted by atomic mass is 10.3. The van der Waals surface area contributed by atoms with Gasteiger partial charge in [-0.3, -0.25) is 10.1 Å². The highest BCUT2D eigenvalue weighted by Gasteiger charge is 2.19. The van der Waals surface area contributed by atoms with Gasteiger partial charge in [0.05, 0.1) is 5.25 Å². The van der Waals surface area contributed by atoms with Crippen molar-refractivity contribution in [3.05, 3.63) is 35.3 Å². The minimum Gasteiger partial charge on any atom is -0.300 e. The van der Waals surface area contributed by atoms with E-state index in [1.807, 2.05) is 44.2 Å². The average molecular weight is 293 g/mol. The molecule has 100 valence electrons. The fourth-order valence-corrected chi connectivity index (χ4v) is 3.09. The molecule has 0 saturated heterocycles. The van der Waals surface area contributed by atoms with Gasteiger partial charge in [-0.15, -0.1) is 22.0 Å². The van der Waals surface area contributed by atoms with Gasteiger partial charge in [-0.2, -0.15) is 0 Å². The smallest absolute Gasteiger partial charge is 0.239 e. The molecule has 0 saturated carbocycles. The lowest BCUT2D eigenvalue weighted by Crippen LogP contribution is -2.24. The number of amides is 1. The summed E-state index contributed by atoms with van der Waals surface area (Å²) in [5, 5.41) is 11.9. The third-order valence-corrected chi connectivity index (χ3v) is 4.57. The van der Waals surface area contributed by atoms with Gasteiger partial charge in [0, 0.05) is 4.90 Å². The summed E-state index contributed by atoms with van der Waals surface area (Å²) in [5.41, 5.74) is 0. The topological polar surface area (TPSA) is 54.9 Å². The molecular weight excluding hydrogens is 278 g/mol. The van der Waals surface area contributed by atoms with E-state index in [-0.39, 0.29) is 11.2 Å². The maximum absolute atomic E-state index is 12.2. The Hall–Kier alpha value is -1.40. The van der Waals surface area contributed by atoms with Crippen LogP contribution in [0.3, 0.4) is 0 Å². The lowest BCUT2D eigenvalue weighted by Gasteiger charge is -2.13. The number of aromatic nitrogens is 2. The van der Waals surface area contributed by atoms with Gasteiger partial charge in [0.2, 0.25) is 11.0 Å². The van der Waals surface area contributed by atoms with Crippen molar-refractivity contribution in [2.75, 3.05) is 5.32 Å². The van der Waals surface area contributed by atoms with Crippen LogP contribution in [-0.4, -0.2) is 21.4 Å². The number of carbonyl (C=O) groups excluding carboxylic acids is 1. The number of benzene rings is 1. The van der Waals surface area contributed by atoms with E-state index in [1.165, 1.54) is 11.3 Å². The molecule has 1 aromatic carbocycles. The number of nitrogens with one attached hydrogen (secondary N) is 1. The normalized spacial score (nSPS) is 12.1. The molecule has 0 aliphatic carbocycles. The molecule has 4 nitrogen and oxygen atoms in total. The molecule has 0 fully saturated rings. The Kier molecular flexibility index (Phi) is 4.93. The van der Waals surface area contributed by atoms with Crippen LogP contribution in [-0.2, 0) is 4.79 Å². The maximum Gasteiger partial charge on any atom is 0.239 e. The molecule has 0 aliphatic rings. The predicted octanol–water partition coefficient (Wildman–Crippen LogP) is 3.36. The number of rotatable bonds is 5. The third-order valence-electron chi connectivity index (χ3n) is 2.44. The van der Waals surface area contributed by atoms with Crippen LogP contribution in [0.5, 0.6) is 0 Å². The van der Waals surface area contributed by atoms with Crippen LogP contribution in [0.1, 0.15) is 18.4 Å². The van der Waals surface area contributed by atoms with Crippen LogP contribution >= 0.6 is 23.1 Å². The molecule has 0 radical (unpaired) electrons. The first-order valence-electron chi connectivity index (χ1n) is 6.01. The Morgan fingerprint density at radius 3 is 2.68 bits per heavy atom. The van der Waals surface area contributed by atoms with E-state index in [0.29, 0.717) is 5.13 Å². The Morgan fingerprint density at radius 1 is 1.37 bits per heavy atom. The van der Waals surface area contributed by atoms with E-state index in [0.717, 1.165) is 16.3 Å². The molecule has 1 aromatic heterocycles. The zero-order chi connectivity index (χ0) is 13.7. The van der Waals surface area contributed by atoms with Crippen LogP contribution in [0.15, 0.2) is 35.2 Å². The molecule has 19 heavy (non-hydrogen) atoms. The quantitative estimate of drug-likeness (QED) is 0.859. The summed E-state index contributed by atoms with van der Waals surface area (Å²) in [5.74, 6) is -0.0208. The monoisotopic (exact) mass is 293 g/mol. The molecule has 1 amide bonds. The van der Waals surface area contributed by atoms with E-state index in [1.54, 1.807) is 11.8 Å². The van der Waals surface area contributed by atoms with Gasteiger partial charge in [0.15, 0.2) is 0 Å². The van der Waals surface area contributed by atoms with Crippen molar-refractivity contribution >= 4 is 34.1 Å². The summed E-state index contributed by atoms with van der Waals surface area (Å²) in [6.45, 7) is 3.87. The van der Waals surface area contributed by atoms with Gasteiger partial charge in [0.1, 0.15) is 5.01 Å². The number of thioether (sulfide) groups is 1. The third kappa shape index (κ3) is 4.04. The van der Waals surface area contributed by atoms with Crippen molar-refractivity contribution in [3.63, 3.8) is 0 Å². The van der Waals surface area contributed by atoms with E-state index in [4.69, 9.17) is 0 Å². The van der Waals surface area contributed by atoms with Crippen LogP contribution in [0.25, 0.3) is 0 Å².